The average molecular weight is 272 g/mol. The van der Waals surface area contributed by atoms with E-state index in [0.717, 1.165) is 25.9 Å². The highest BCUT2D eigenvalue weighted by Crippen LogP contribution is 2.18. The van der Waals surface area contributed by atoms with E-state index in [0.29, 0.717) is 11.3 Å². The molecule has 0 saturated carbocycles. The zero-order valence-electron chi connectivity index (χ0n) is 11.7. The monoisotopic (exact) mass is 272 g/mol. The van der Waals surface area contributed by atoms with Crippen molar-refractivity contribution in [3.63, 3.8) is 0 Å². The second-order valence-electron chi connectivity index (χ2n) is 5.02. The summed E-state index contributed by atoms with van der Waals surface area (Å²) in [5.41, 5.74) is 1.22. The van der Waals surface area contributed by atoms with Gasteiger partial charge in [0.05, 0.1) is 11.6 Å². The molecule has 1 atom stereocenters. The minimum Gasteiger partial charge on any atom is -0.320 e. The lowest BCUT2D eigenvalue weighted by molar-refractivity contribution is 0.162. The van der Waals surface area contributed by atoms with Crippen molar-refractivity contribution in [2.24, 2.45) is 0 Å². The number of nitrogens with zero attached hydrogens (tertiary/aromatic N) is 2. The molecule has 5 nitrogen and oxygen atoms in total. The molecule has 5 heteroatoms. The van der Waals surface area contributed by atoms with Gasteiger partial charge in [-0.15, -0.1) is 0 Å². The summed E-state index contributed by atoms with van der Waals surface area (Å²) in [5, 5.41) is 14.9. The van der Waals surface area contributed by atoms with Gasteiger partial charge in [-0.25, -0.2) is 4.79 Å². The van der Waals surface area contributed by atoms with Crippen LogP contribution in [0, 0.1) is 11.3 Å². The number of benzene rings is 1. The second-order valence-corrected chi connectivity index (χ2v) is 5.02. The highest BCUT2D eigenvalue weighted by atomic mass is 16.2. The van der Waals surface area contributed by atoms with Crippen LogP contribution in [-0.2, 0) is 0 Å². The zero-order valence-corrected chi connectivity index (χ0v) is 11.7. The van der Waals surface area contributed by atoms with Crippen molar-refractivity contribution in [2.75, 3.05) is 25.5 Å². The number of anilines is 1. The number of hydrogen-bond acceptors (Lipinski definition) is 3. The number of likely N-dealkylation sites (N-methyl/N-ethyl adjacent to an activating group) is 1. The number of nitriles is 1. The van der Waals surface area contributed by atoms with Gasteiger partial charge in [0.1, 0.15) is 0 Å². The summed E-state index contributed by atoms with van der Waals surface area (Å²) in [7, 11) is 1.90. The lowest BCUT2D eigenvalue weighted by Gasteiger charge is -2.35. The van der Waals surface area contributed by atoms with Gasteiger partial charge in [0.15, 0.2) is 0 Å². The van der Waals surface area contributed by atoms with Gasteiger partial charge in [-0.3, -0.25) is 0 Å². The van der Waals surface area contributed by atoms with E-state index in [-0.39, 0.29) is 12.1 Å². The van der Waals surface area contributed by atoms with Gasteiger partial charge in [0.25, 0.3) is 0 Å². The molecule has 1 aromatic rings. The Morgan fingerprint density at radius 2 is 2.35 bits per heavy atom. The molecule has 1 unspecified atom stereocenters. The molecule has 1 heterocycles. The fourth-order valence-electron chi connectivity index (χ4n) is 2.58. The van der Waals surface area contributed by atoms with Crippen LogP contribution in [-0.4, -0.2) is 37.1 Å². The van der Waals surface area contributed by atoms with Crippen molar-refractivity contribution in [1.29, 1.82) is 5.26 Å². The largest absolute Gasteiger partial charge is 0.322 e. The van der Waals surface area contributed by atoms with Gasteiger partial charge in [0, 0.05) is 24.8 Å². The fourth-order valence-corrected chi connectivity index (χ4v) is 2.58. The van der Waals surface area contributed by atoms with Crippen LogP contribution in [0.1, 0.15) is 24.8 Å². The second kappa shape index (κ2) is 6.92. The highest BCUT2D eigenvalue weighted by Gasteiger charge is 2.26. The van der Waals surface area contributed by atoms with E-state index in [1.807, 2.05) is 11.9 Å². The van der Waals surface area contributed by atoms with Crippen molar-refractivity contribution in [2.45, 2.75) is 25.3 Å². The average Bonchev–Trinajstić information content (AvgIpc) is 2.48. The number of rotatable bonds is 3. The van der Waals surface area contributed by atoms with Crippen molar-refractivity contribution in [1.82, 2.24) is 10.2 Å². The molecule has 0 spiro atoms. The molecule has 0 bridgehead atoms. The summed E-state index contributed by atoms with van der Waals surface area (Å²) >= 11 is 0. The van der Waals surface area contributed by atoms with Gasteiger partial charge in [0.2, 0.25) is 0 Å². The molecule has 1 fully saturated rings. The maximum Gasteiger partial charge on any atom is 0.322 e. The number of piperidine rings is 1. The quantitative estimate of drug-likeness (QED) is 0.886. The third-order valence-corrected chi connectivity index (χ3v) is 3.57. The van der Waals surface area contributed by atoms with Gasteiger partial charge in [-0.05, 0) is 44.5 Å². The molecular weight excluding hydrogens is 252 g/mol. The maximum atomic E-state index is 12.4. The third-order valence-electron chi connectivity index (χ3n) is 3.57. The van der Waals surface area contributed by atoms with Crippen molar-refractivity contribution in [3.8, 4) is 6.07 Å². The first-order valence-corrected chi connectivity index (χ1v) is 6.97. The third kappa shape index (κ3) is 3.49. The van der Waals surface area contributed by atoms with E-state index in [4.69, 9.17) is 5.26 Å². The number of nitrogens with one attached hydrogen (secondary N) is 2. The van der Waals surface area contributed by atoms with E-state index in [2.05, 4.69) is 16.7 Å². The van der Waals surface area contributed by atoms with E-state index in [9.17, 15) is 4.79 Å². The van der Waals surface area contributed by atoms with Crippen LogP contribution in [0.15, 0.2) is 24.3 Å². The van der Waals surface area contributed by atoms with Crippen LogP contribution in [0.25, 0.3) is 0 Å². The Bertz CT molecular complexity index is 507. The summed E-state index contributed by atoms with van der Waals surface area (Å²) in [6.07, 6.45) is 3.25. The minimum atomic E-state index is -0.0833. The zero-order chi connectivity index (χ0) is 14.4. The standard InChI is InChI=1S/C15H20N4O/c1-17-11-14-7-2-3-8-19(14)15(20)18-13-6-4-5-12(9-13)10-16/h4-6,9,14,17H,2-3,7-8,11H2,1H3,(H,18,20). The number of carbonyl (C=O) groups is 1. The number of amides is 2. The smallest absolute Gasteiger partial charge is 0.320 e. The molecular formula is C15H20N4O. The molecule has 0 radical (unpaired) electrons. The van der Waals surface area contributed by atoms with Crippen LogP contribution in [0.4, 0.5) is 10.5 Å². The van der Waals surface area contributed by atoms with Crippen LogP contribution >= 0.6 is 0 Å². The summed E-state index contributed by atoms with van der Waals surface area (Å²) in [6.45, 7) is 1.60. The molecule has 106 valence electrons. The molecule has 1 aromatic carbocycles. The topological polar surface area (TPSA) is 68.2 Å². The lowest BCUT2D eigenvalue weighted by atomic mass is 10.0. The van der Waals surface area contributed by atoms with E-state index in [1.54, 1.807) is 24.3 Å². The molecule has 1 saturated heterocycles. The van der Waals surface area contributed by atoms with Crippen LogP contribution < -0.4 is 10.6 Å². The predicted octanol–water partition coefficient (Wildman–Crippen LogP) is 2.16. The maximum absolute atomic E-state index is 12.4. The number of hydrogen-bond donors (Lipinski definition) is 2. The summed E-state index contributed by atoms with van der Waals surface area (Å²) < 4.78 is 0. The molecule has 2 amide bonds. The van der Waals surface area contributed by atoms with Crippen molar-refractivity contribution < 1.29 is 4.79 Å². The Morgan fingerprint density at radius 1 is 1.50 bits per heavy atom. The Hall–Kier alpha value is -2.06. The molecule has 2 rings (SSSR count). The van der Waals surface area contributed by atoms with Gasteiger partial charge in [-0.1, -0.05) is 6.07 Å². The molecule has 1 aliphatic heterocycles. The van der Waals surface area contributed by atoms with E-state index >= 15 is 0 Å². The molecule has 20 heavy (non-hydrogen) atoms. The summed E-state index contributed by atoms with van der Waals surface area (Å²) in [4.78, 5) is 14.2. The number of carbonyl (C=O) groups excluding carboxylic acids is 1. The first-order valence-electron chi connectivity index (χ1n) is 6.97. The van der Waals surface area contributed by atoms with Crippen LogP contribution in [0.3, 0.4) is 0 Å². The summed E-state index contributed by atoms with van der Waals surface area (Å²) in [6, 6.07) is 9.22. The lowest BCUT2D eigenvalue weighted by Crippen LogP contribution is -2.49. The molecule has 0 aliphatic carbocycles. The Kier molecular flexibility index (Phi) is 4.97. The number of likely N-dealkylation sites (tertiary alicyclic amines) is 1. The van der Waals surface area contributed by atoms with E-state index in [1.165, 1.54) is 6.42 Å². The Balaban J connectivity index is 2.04. The minimum absolute atomic E-state index is 0.0833. The summed E-state index contributed by atoms with van der Waals surface area (Å²) in [5.74, 6) is 0. The van der Waals surface area contributed by atoms with Crippen LogP contribution in [0.5, 0.6) is 0 Å². The van der Waals surface area contributed by atoms with E-state index < -0.39 is 0 Å². The van der Waals surface area contributed by atoms with Crippen molar-refractivity contribution >= 4 is 11.7 Å². The van der Waals surface area contributed by atoms with Crippen LogP contribution in [0.2, 0.25) is 0 Å². The SMILES string of the molecule is CNCC1CCCCN1C(=O)Nc1cccc(C#N)c1. The van der Waals surface area contributed by atoms with Gasteiger partial charge in [-0.2, -0.15) is 5.26 Å². The highest BCUT2D eigenvalue weighted by molar-refractivity contribution is 5.89. The number of urea groups is 1. The Morgan fingerprint density at radius 3 is 3.10 bits per heavy atom. The first-order chi connectivity index (χ1) is 9.74. The molecule has 1 aliphatic rings. The predicted molar refractivity (Wildman–Crippen MR) is 78.4 cm³/mol. The Labute approximate surface area is 119 Å². The fraction of sp³-hybridized carbons (Fsp3) is 0.467. The normalized spacial score (nSPS) is 18.4. The first kappa shape index (κ1) is 14.4. The van der Waals surface area contributed by atoms with Gasteiger partial charge < -0.3 is 15.5 Å². The van der Waals surface area contributed by atoms with Crippen molar-refractivity contribution in [3.05, 3.63) is 29.8 Å². The molecule has 2 N–H and O–H groups in total. The molecule has 0 aromatic heterocycles. The van der Waals surface area contributed by atoms with Gasteiger partial charge >= 0.3 is 6.03 Å².